The molecule has 2 rings (SSSR count). The van der Waals surface area contributed by atoms with Gasteiger partial charge in [0.05, 0.1) is 10.1 Å². The average molecular weight is 394 g/mol. The number of hydrogen-bond donors (Lipinski definition) is 3. The SMILES string of the molecule is Cc1cc(S(=O)(=O)N[C@@H](Cc2cnc[nH]2)C(=O)O)sc1Br. The molecule has 114 valence electrons. The van der Waals surface area contributed by atoms with Crippen molar-refractivity contribution in [2.24, 2.45) is 0 Å². The Kier molecular flexibility index (Phi) is 4.81. The average Bonchev–Trinajstić information content (AvgIpc) is 3.00. The van der Waals surface area contributed by atoms with Crippen LogP contribution >= 0.6 is 27.3 Å². The second-order valence-electron chi connectivity index (χ2n) is 4.32. The Morgan fingerprint density at radius 3 is 2.81 bits per heavy atom. The van der Waals surface area contributed by atoms with E-state index in [2.05, 4.69) is 30.6 Å². The molecular formula is C11H12BrN3O4S2. The second kappa shape index (κ2) is 6.26. The Balaban J connectivity index is 2.21. The lowest BCUT2D eigenvalue weighted by Crippen LogP contribution is -2.42. The summed E-state index contributed by atoms with van der Waals surface area (Å²) >= 11 is 4.29. The lowest BCUT2D eigenvalue weighted by Gasteiger charge is -2.13. The van der Waals surface area contributed by atoms with E-state index in [-0.39, 0.29) is 10.6 Å². The molecule has 0 aliphatic carbocycles. The first-order valence-corrected chi connectivity index (χ1v) is 8.87. The van der Waals surface area contributed by atoms with Crippen molar-refractivity contribution >= 4 is 43.3 Å². The van der Waals surface area contributed by atoms with Gasteiger partial charge >= 0.3 is 5.97 Å². The number of halogens is 1. The molecule has 21 heavy (non-hydrogen) atoms. The molecular weight excluding hydrogens is 382 g/mol. The molecule has 0 aliphatic heterocycles. The number of nitrogens with one attached hydrogen (secondary N) is 2. The van der Waals surface area contributed by atoms with Gasteiger partial charge < -0.3 is 10.1 Å². The van der Waals surface area contributed by atoms with Gasteiger partial charge in [0.2, 0.25) is 0 Å². The van der Waals surface area contributed by atoms with Crippen molar-refractivity contribution in [3.05, 3.63) is 33.6 Å². The normalized spacial score (nSPS) is 13.2. The van der Waals surface area contributed by atoms with Crippen LogP contribution < -0.4 is 4.72 Å². The quantitative estimate of drug-likeness (QED) is 0.688. The zero-order valence-corrected chi connectivity index (χ0v) is 14.0. The molecule has 2 aromatic heterocycles. The minimum Gasteiger partial charge on any atom is -0.480 e. The Hall–Kier alpha value is -1.23. The summed E-state index contributed by atoms with van der Waals surface area (Å²) in [5.74, 6) is -1.25. The van der Waals surface area contributed by atoms with Crippen LogP contribution in [0.2, 0.25) is 0 Å². The first-order chi connectivity index (χ1) is 9.79. The van der Waals surface area contributed by atoms with Crippen LogP contribution in [0.4, 0.5) is 0 Å². The van der Waals surface area contributed by atoms with Crippen molar-refractivity contribution in [2.45, 2.75) is 23.6 Å². The van der Waals surface area contributed by atoms with Gasteiger partial charge in [-0.1, -0.05) is 0 Å². The number of sulfonamides is 1. The number of hydrogen-bond acceptors (Lipinski definition) is 5. The molecule has 0 saturated carbocycles. The molecule has 2 heterocycles. The second-order valence-corrected chi connectivity index (χ2v) is 8.63. The number of carboxylic acids is 1. The number of aryl methyl sites for hydroxylation is 1. The van der Waals surface area contributed by atoms with E-state index < -0.39 is 22.0 Å². The van der Waals surface area contributed by atoms with Crippen molar-refractivity contribution in [1.82, 2.24) is 14.7 Å². The monoisotopic (exact) mass is 393 g/mol. The summed E-state index contributed by atoms with van der Waals surface area (Å²) < 4.78 is 27.4. The number of imidazole rings is 1. The molecule has 2 aromatic rings. The van der Waals surface area contributed by atoms with Crippen molar-refractivity contribution in [3.8, 4) is 0 Å². The third-order valence-corrected chi connectivity index (χ3v) is 6.76. The maximum Gasteiger partial charge on any atom is 0.322 e. The zero-order chi connectivity index (χ0) is 15.6. The Bertz CT molecular complexity index is 720. The molecule has 1 atom stereocenters. The van der Waals surface area contributed by atoms with E-state index in [1.165, 1.54) is 18.6 Å². The maximum absolute atomic E-state index is 12.2. The van der Waals surface area contributed by atoms with Gasteiger partial charge in [-0.3, -0.25) is 4.79 Å². The highest BCUT2D eigenvalue weighted by atomic mass is 79.9. The summed E-state index contributed by atoms with van der Waals surface area (Å²) in [7, 11) is -3.89. The Morgan fingerprint density at radius 1 is 1.62 bits per heavy atom. The summed E-state index contributed by atoms with van der Waals surface area (Å²) in [6.45, 7) is 1.76. The lowest BCUT2D eigenvalue weighted by atomic mass is 10.2. The van der Waals surface area contributed by atoms with Crippen LogP contribution in [0.1, 0.15) is 11.3 Å². The number of aromatic nitrogens is 2. The zero-order valence-electron chi connectivity index (χ0n) is 10.8. The first kappa shape index (κ1) is 16.1. The van der Waals surface area contributed by atoms with Crippen LogP contribution in [0.5, 0.6) is 0 Å². The van der Waals surface area contributed by atoms with E-state index in [0.717, 1.165) is 16.9 Å². The number of rotatable bonds is 6. The van der Waals surface area contributed by atoms with Crippen molar-refractivity contribution in [1.29, 1.82) is 0 Å². The molecule has 0 unspecified atom stereocenters. The molecule has 0 fully saturated rings. The molecule has 3 N–H and O–H groups in total. The Labute approximate surface area is 133 Å². The highest BCUT2D eigenvalue weighted by Crippen LogP contribution is 2.30. The fourth-order valence-electron chi connectivity index (χ4n) is 1.61. The predicted molar refractivity (Wildman–Crippen MR) is 80.8 cm³/mol. The molecule has 0 bridgehead atoms. The van der Waals surface area contributed by atoms with E-state index in [4.69, 9.17) is 0 Å². The van der Waals surface area contributed by atoms with Gasteiger partial charge in [0, 0.05) is 18.3 Å². The summed E-state index contributed by atoms with van der Waals surface area (Å²) in [5.41, 5.74) is 1.31. The van der Waals surface area contributed by atoms with Crippen LogP contribution in [0.3, 0.4) is 0 Å². The van der Waals surface area contributed by atoms with Gasteiger partial charge in [-0.05, 0) is 34.5 Å². The molecule has 0 amide bonds. The molecule has 10 heteroatoms. The van der Waals surface area contributed by atoms with Gasteiger partial charge in [0.15, 0.2) is 0 Å². The molecule has 0 saturated heterocycles. The minimum atomic E-state index is -3.89. The van der Waals surface area contributed by atoms with Crippen molar-refractivity contribution in [2.75, 3.05) is 0 Å². The summed E-state index contributed by atoms with van der Waals surface area (Å²) in [6.07, 6.45) is 2.85. The molecule has 0 radical (unpaired) electrons. The maximum atomic E-state index is 12.2. The smallest absolute Gasteiger partial charge is 0.322 e. The van der Waals surface area contributed by atoms with Gasteiger partial charge in [-0.15, -0.1) is 11.3 Å². The number of thiophene rings is 1. The minimum absolute atomic E-state index is 0.0138. The summed E-state index contributed by atoms with van der Waals surface area (Å²) in [6, 6.07) is 0.225. The van der Waals surface area contributed by atoms with Crippen LogP contribution in [-0.4, -0.2) is 35.5 Å². The van der Waals surface area contributed by atoms with E-state index in [0.29, 0.717) is 9.48 Å². The lowest BCUT2D eigenvalue weighted by molar-refractivity contribution is -0.138. The first-order valence-electron chi connectivity index (χ1n) is 5.78. The highest BCUT2D eigenvalue weighted by Gasteiger charge is 2.27. The molecule has 0 aliphatic rings. The van der Waals surface area contributed by atoms with Crippen LogP contribution in [0.25, 0.3) is 0 Å². The highest BCUT2D eigenvalue weighted by molar-refractivity contribution is 9.11. The molecule has 0 spiro atoms. The standard InChI is InChI=1S/C11H12BrN3O4S2/c1-6-2-9(20-10(6)12)21(18,19)15-8(11(16)17)3-7-4-13-5-14-7/h2,4-5,8,15H,3H2,1H3,(H,13,14)(H,16,17)/t8-/m0/s1. The van der Waals surface area contributed by atoms with Crippen LogP contribution in [0, 0.1) is 6.92 Å². The summed E-state index contributed by atoms with van der Waals surface area (Å²) in [5, 5.41) is 9.18. The molecule has 0 aromatic carbocycles. The third kappa shape index (κ3) is 3.90. The van der Waals surface area contributed by atoms with E-state index in [9.17, 15) is 18.3 Å². The number of H-pyrrole nitrogens is 1. The van der Waals surface area contributed by atoms with E-state index >= 15 is 0 Å². The van der Waals surface area contributed by atoms with Crippen LogP contribution in [0.15, 0.2) is 26.6 Å². The van der Waals surface area contributed by atoms with Gasteiger partial charge in [0.25, 0.3) is 10.0 Å². The fraction of sp³-hybridized carbons (Fsp3) is 0.273. The number of aromatic amines is 1. The number of nitrogens with zero attached hydrogens (tertiary/aromatic N) is 1. The van der Waals surface area contributed by atoms with E-state index in [1.54, 1.807) is 6.92 Å². The number of aliphatic carboxylic acids is 1. The number of carboxylic acid groups (broad SMARTS) is 1. The van der Waals surface area contributed by atoms with Gasteiger partial charge in [-0.25, -0.2) is 13.4 Å². The van der Waals surface area contributed by atoms with E-state index in [1.807, 2.05) is 0 Å². The molecule has 7 nitrogen and oxygen atoms in total. The third-order valence-electron chi connectivity index (χ3n) is 2.67. The van der Waals surface area contributed by atoms with Gasteiger partial charge in [0.1, 0.15) is 10.3 Å². The predicted octanol–water partition coefficient (Wildman–Crippen LogP) is 1.52. The summed E-state index contributed by atoms with van der Waals surface area (Å²) in [4.78, 5) is 17.8. The fourth-order valence-corrected chi connectivity index (χ4v) is 5.04. The topological polar surface area (TPSA) is 112 Å². The van der Waals surface area contributed by atoms with Gasteiger partial charge in [-0.2, -0.15) is 4.72 Å². The largest absolute Gasteiger partial charge is 0.480 e. The van der Waals surface area contributed by atoms with Crippen molar-refractivity contribution < 1.29 is 18.3 Å². The number of carbonyl (C=O) groups is 1. The van der Waals surface area contributed by atoms with Crippen molar-refractivity contribution in [3.63, 3.8) is 0 Å². The van der Waals surface area contributed by atoms with Crippen LogP contribution in [-0.2, 0) is 21.2 Å². The Morgan fingerprint density at radius 2 is 2.33 bits per heavy atom.